The van der Waals surface area contributed by atoms with Gasteiger partial charge in [-0.25, -0.2) is 0 Å². The van der Waals surface area contributed by atoms with Crippen LogP contribution < -0.4 is 5.32 Å². The van der Waals surface area contributed by atoms with Gasteiger partial charge < -0.3 is 10.1 Å². The molecule has 3 nitrogen and oxygen atoms in total. The van der Waals surface area contributed by atoms with Gasteiger partial charge in [-0.3, -0.25) is 4.79 Å². The monoisotopic (exact) mass is 309 g/mol. The van der Waals surface area contributed by atoms with Crippen molar-refractivity contribution in [1.29, 1.82) is 0 Å². The van der Waals surface area contributed by atoms with E-state index < -0.39 is 17.6 Å². The quantitative estimate of drug-likeness (QED) is 0.820. The zero-order chi connectivity index (χ0) is 15.2. The molecule has 20 heavy (non-hydrogen) atoms. The molecule has 1 aromatic rings. The van der Waals surface area contributed by atoms with Crippen LogP contribution in [0.25, 0.3) is 0 Å². The molecular weight excluding hydrogens is 295 g/mol. The summed E-state index contributed by atoms with van der Waals surface area (Å²) in [5, 5.41) is 2.27. The number of ether oxygens (including phenoxy) is 1. The number of nitrogens with one attached hydrogen (secondary N) is 1. The van der Waals surface area contributed by atoms with E-state index in [4.69, 9.17) is 16.3 Å². The maximum atomic E-state index is 12.5. The van der Waals surface area contributed by atoms with Crippen LogP contribution >= 0.6 is 11.6 Å². The van der Waals surface area contributed by atoms with E-state index in [1.165, 1.54) is 19.2 Å². The van der Waals surface area contributed by atoms with E-state index in [1.807, 2.05) is 0 Å². The lowest BCUT2D eigenvalue weighted by atomic mass is 10.1. The number of hydrogen-bond donors (Lipinski definition) is 1. The standard InChI is InChI=1S/C13H15ClF3NO2/c1-20-8-11(14)5-6-18-12(19)9-3-2-4-10(7-9)13(15,16)17/h2-4,7,11H,5-6,8H2,1H3,(H,18,19). The lowest BCUT2D eigenvalue weighted by Crippen LogP contribution is -2.27. The highest BCUT2D eigenvalue weighted by Crippen LogP contribution is 2.29. The van der Waals surface area contributed by atoms with Gasteiger partial charge in [0.25, 0.3) is 5.91 Å². The van der Waals surface area contributed by atoms with Gasteiger partial charge in [0.1, 0.15) is 0 Å². The average Bonchev–Trinajstić information content (AvgIpc) is 2.38. The number of amides is 1. The van der Waals surface area contributed by atoms with Crippen molar-refractivity contribution in [2.45, 2.75) is 18.0 Å². The third kappa shape index (κ3) is 5.38. The van der Waals surface area contributed by atoms with Crippen LogP contribution in [0.3, 0.4) is 0 Å². The molecule has 0 radical (unpaired) electrons. The fourth-order valence-electron chi connectivity index (χ4n) is 1.55. The van der Waals surface area contributed by atoms with Gasteiger partial charge in [-0.1, -0.05) is 6.07 Å². The minimum Gasteiger partial charge on any atom is -0.383 e. The van der Waals surface area contributed by atoms with Crippen LogP contribution in [0.5, 0.6) is 0 Å². The summed E-state index contributed by atoms with van der Waals surface area (Å²) >= 11 is 5.87. The molecule has 0 aliphatic heterocycles. The van der Waals surface area contributed by atoms with Crippen molar-refractivity contribution < 1.29 is 22.7 Å². The van der Waals surface area contributed by atoms with Crippen LogP contribution in [0.4, 0.5) is 13.2 Å². The van der Waals surface area contributed by atoms with Crippen LogP contribution in [0.15, 0.2) is 24.3 Å². The molecule has 0 aliphatic carbocycles. The van der Waals surface area contributed by atoms with Crippen molar-refractivity contribution >= 4 is 17.5 Å². The van der Waals surface area contributed by atoms with E-state index in [2.05, 4.69) is 5.32 Å². The topological polar surface area (TPSA) is 38.3 Å². The number of rotatable bonds is 6. The second-order valence-electron chi connectivity index (χ2n) is 4.18. The van der Waals surface area contributed by atoms with Crippen LogP contribution in [-0.4, -0.2) is 31.5 Å². The summed E-state index contributed by atoms with van der Waals surface area (Å²) in [7, 11) is 1.51. The first kappa shape index (κ1) is 16.8. The van der Waals surface area contributed by atoms with Crippen LogP contribution in [0, 0.1) is 0 Å². The van der Waals surface area contributed by atoms with Crippen molar-refractivity contribution in [2.75, 3.05) is 20.3 Å². The number of carbonyl (C=O) groups excluding carboxylic acids is 1. The maximum absolute atomic E-state index is 12.5. The molecule has 0 spiro atoms. The molecule has 0 saturated heterocycles. The Morgan fingerprint density at radius 1 is 1.45 bits per heavy atom. The summed E-state index contributed by atoms with van der Waals surface area (Å²) < 4.78 is 42.4. The molecule has 7 heteroatoms. The number of halogens is 4. The summed E-state index contributed by atoms with van der Waals surface area (Å²) in [6.45, 7) is 0.619. The van der Waals surface area contributed by atoms with Gasteiger partial charge in [-0.2, -0.15) is 13.2 Å². The van der Waals surface area contributed by atoms with Crippen molar-refractivity contribution in [3.05, 3.63) is 35.4 Å². The van der Waals surface area contributed by atoms with Crippen molar-refractivity contribution in [2.24, 2.45) is 0 Å². The zero-order valence-corrected chi connectivity index (χ0v) is 11.6. The molecule has 1 amide bonds. The molecule has 1 unspecified atom stereocenters. The molecule has 0 heterocycles. The fraction of sp³-hybridized carbons (Fsp3) is 0.462. The summed E-state index contributed by atoms with van der Waals surface area (Å²) in [5.41, 5.74) is -0.877. The van der Waals surface area contributed by atoms with Gasteiger partial charge in [0.2, 0.25) is 0 Å². The molecular formula is C13H15ClF3NO2. The number of alkyl halides is 4. The van der Waals surface area contributed by atoms with Gasteiger partial charge >= 0.3 is 6.18 Å². The predicted molar refractivity (Wildman–Crippen MR) is 69.9 cm³/mol. The van der Waals surface area contributed by atoms with Crippen molar-refractivity contribution in [3.8, 4) is 0 Å². The average molecular weight is 310 g/mol. The highest BCUT2D eigenvalue weighted by atomic mass is 35.5. The minimum absolute atomic E-state index is 0.0299. The largest absolute Gasteiger partial charge is 0.416 e. The Morgan fingerprint density at radius 2 is 2.15 bits per heavy atom. The Labute approximate surface area is 120 Å². The van der Waals surface area contributed by atoms with E-state index in [0.717, 1.165) is 12.1 Å². The highest BCUT2D eigenvalue weighted by Gasteiger charge is 2.30. The van der Waals surface area contributed by atoms with Gasteiger partial charge in [0.15, 0.2) is 0 Å². The molecule has 0 aromatic heterocycles. The van der Waals surface area contributed by atoms with Gasteiger partial charge in [0, 0.05) is 19.2 Å². The van der Waals surface area contributed by atoms with Crippen LogP contribution in [-0.2, 0) is 10.9 Å². The lowest BCUT2D eigenvalue weighted by Gasteiger charge is -2.11. The number of carbonyl (C=O) groups is 1. The first-order valence-electron chi connectivity index (χ1n) is 5.93. The van der Waals surface area contributed by atoms with Gasteiger partial charge in [-0.15, -0.1) is 11.6 Å². The van der Waals surface area contributed by atoms with Gasteiger partial charge in [-0.05, 0) is 24.6 Å². The van der Waals surface area contributed by atoms with E-state index >= 15 is 0 Å². The third-order valence-corrected chi connectivity index (χ3v) is 2.89. The van der Waals surface area contributed by atoms with Gasteiger partial charge in [0.05, 0.1) is 17.5 Å². The molecule has 0 bridgehead atoms. The Balaban J connectivity index is 2.56. The Hall–Kier alpha value is -1.27. The third-order valence-electron chi connectivity index (χ3n) is 2.54. The van der Waals surface area contributed by atoms with Crippen molar-refractivity contribution in [1.82, 2.24) is 5.32 Å². The smallest absolute Gasteiger partial charge is 0.383 e. The molecule has 0 fully saturated rings. The fourth-order valence-corrected chi connectivity index (χ4v) is 1.78. The first-order chi connectivity index (χ1) is 9.34. The normalized spacial score (nSPS) is 13.1. The highest BCUT2D eigenvalue weighted by molar-refractivity contribution is 6.20. The summed E-state index contributed by atoms with van der Waals surface area (Å²) in [4.78, 5) is 11.7. The number of hydrogen-bond acceptors (Lipinski definition) is 2. The van der Waals surface area contributed by atoms with Crippen LogP contribution in [0.2, 0.25) is 0 Å². The van der Waals surface area contributed by atoms with E-state index in [0.29, 0.717) is 13.0 Å². The molecule has 112 valence electrons. The number of benzene rings is 1. The summed E-state index contributed by atoms with van der Waals surface area (Å²) in [5.74, 6) is -0.558. The first-order valence-corrected chi connectivity index (χ1v) is 6.36. The molecule has 1 N–H and O–H groups in total. The SMILES string of the molecule is COCC(Cl)CCNC(=O)c1cccc(C(F)(F)F)c1. The summed E-state index contributed by atoms with van der Waals surface area (Å²) in [6, 6.07) is 4.28. The van der Waals surface area contributed by atoms with Crippen molar-refractivity contribution in [3.63, 3.8) is 0 Å². The minimum atomic E-state index is -4.46. The maximum Gasteiger partial charge on any atom is 0.416 e. The molecule has 1 atom stereocenters. The van der Waals surface area contributed by atoms with E-state index in [9.17, 15) is 18.0 Å². The Kier molecular flexibility index (Phi) is 6.29. The second-order valence-corrected chi connectivity index (χ2v) is 4.79. The molecule has 0 saturated carbocycles. The van der Waals surface area contributed by atoms with E-state index in [-0.39, 0.29) is 17.5 Å². The zero-order valence-electron chi connectivity index (χ0n) is 10.8. The predicted octanol–water partition coefficient (Wildman–Crippen LogP) is 3.08. The van der Waals surface area contributed by atoms with E-state index in [1.54, 1.807) is 0 Å². The Bertz CT molecular complexity index is 451. The molecule has 1 rings (SSSR count). The molecule has 1 aromatic carbocycles. The second kappa shape index (κ2) is 7.50. The Morgan fingerprint density at radius 3 is 2.75 bits per heavy atom. The molecule has 0 aliphatic rings. The number of methoxy groups -OCH3 is 1. The lowest BCUT2D eigenvalue weighted by molar-refractivity contribution is -0.137. The van der Waals surface area contributed by atoms with Crippen LogP contribution in [0.1, 0.15) is 22.3 Å². The summed E-state index contributed by atoms with van der Waals surface area (Å²) in [6.07, 6.45) is -3.99.